The molecule has 0 bridgehead atoms. The van der Waals surface area contributed by atoms with Crippen LogP contribution in [0.3, 0.4) is 0 Å². The van der Waals surface area contributed by atoms with Gasteiger partial charge >= 0.3 is 17.9 Å². The zero-order valence-corrected chi connectivity index (χ0v) is 46.6. The Hall–Kier alpha value is -4.97. The van der Waals surface area contributed by atoms with Crippen LogP contribution in [0.25, 0.3) is 0 Å². The molecule has 73 heavy (non-hydrogen) atoms. The third-order valence-electron chi connectivity index (χ3n) is 11.5. The van der Waals surface area contributed by atoms with E-state index in [1.54, 1.807) is 0 Å². The molecule has 6 heteroatoms. The molecule has 0 amide bonds. The monoisotopic (exact) mass is 1000 g/mol. The summed E-state index contributed by atoms with van der Waals surface area (Å²) in [5, 5.41) is 0. The first-order valence-electron chi connectivity index (χ1n) is 29.0. The van der Waals surface area contributed by atoms with E-state index in [4.69, 9.17) is 14.2 Å². The number of carbonyl (C=O) groups excluding carboxylic acids is 3. The van der Waals surface area contributed by atoms with E-state index in [1.165, 1.54) is 51.4 Å². The minimum Gasteiger partial charge on any atom is -0.462 e. The van der Waals surface area contributed by atoms with Crippen molar-refractivity contribution in [3.05, 3.63) is 158 Å². The zero-order chi connectivity index (χ0) is 52.9. The molecular formula is C67H104O6. The average molecular weight is 1010 g/mol. The summed E-state index contributed by atoms with van der Waals surface area (Å²) in [5.41, 5.74) is 0. The van der Waals surface area contributed by atoms with E-state index in [-0.39, 0.29) is 44.0 Å². The van der Waals surface area contributed by atoms with Gasteiger partial charge in [0.2, 0.25) is 0 Å². The van der Waals surface area contributed by atoms with Crippen molar-refractivity contribution in [3.8, 4) is 0 Å². The third kappa shape index (κ3) is 57.8. The summed E-state index contributed by atoms with van der Waals surface area (Å²) in [6.45, 7) is 6.20. The molecule has 0 aliphatic rings. The molecule has 0 fully saturated rings. The van der Waals surface area contributed by atoms with E-state index >= 15 is 0 Å². The van der Waals surface area contributed by atoms with E-state index in [0.717, 1.165) is 122 Å². The molecular weight excluding hydrogens is 901 g/mol. The minimum absolute atomic E-state index is 0.123. The van der Waals surface area contributed by atoms with Crippen molar-refractivity contribution in [2.45, 2.75) is 232 Å². The van der Waals surface area contributed by atoms with Gasteiger partial charge in [-0.05, 0) is 135 Å². The van der Waals surface area contributed by atoms with Crippen molar-refractivity contribution in [2.75, 3.05) is 13.2 Å². The first-order chi connectivity index (χ1) is 36.0. The highest BCUT2D eigenvalue weighted by Gasteiger charge is 2.19. The summed E-state index contributed by atoms with van der Waals surface area (Å²) in [5.74, 6) is -1.04. The van der Waals surface area contributed by atoms with Gasteiger partial charge in [-0.3, -0.25) is 14.4 Å². The lowest BCUT2D eigenvalue weighted by Gasteiger charge is -2.18. The number of esters is 3. The molecule has 0 rings (SSSR count). The highest BCUT2D eigenvalue weighted by Crippen LogP contribution is 2.14. The molecule has 0 N–H and O–H groups in total. The van der Waals surface area contributed by atoms with Gasteiger partial charge in [-0.2, -0.15) is 0 Å². The molecule has 0 aliphatic heterocycles. The van der Waals surface area contributed by atoms with Gasteiger partial charge < -0.3 is 14.2 Å². The molecule has 0 aromatic carbocycles. The van der Waals surface area contributed by atoms with Gasteiger partial charge in [-0.15, -0.1) is 0 Å². The number of carbonyl (C=O) groups is 3. The average Bonchev–Trinajstić information content (AvgIpc) is 3.39. The van der Waals surface area contributed by atoms with Gasteiger partial charge in [0.25, 0.3) is 0 Å². The van der Waals surface area contributed by atoms with E-state index in [2.05, 4.69) is 179 Å². The van der Waals surface area contributed by atoms with Crippen molar-refractivity contribution in [1.82, 2.24) is 0 Å². The maximum absolute atomic E-state index is 12.8. The molecule has 0 aromatic heterocycles. The second kappa shape index (κ2) is 59.6. The molecule has 6 nitrogen and oxygen atoms in total. The van der Waals surface area contributed by atoms with Gasteiger partial charge in [-0.1, -0.05) is 230 Å². The van der Waals surface area contributed by atoms with Crippen molar-refractivity contribution in [3.63, 3.8) is 0 Å². The minimum atomic E-state index is -0.835. The number of hydrogen-bond donors (Lipinski definition) is 0. The lowest BCUT2D eigenvalue weighted by atomic mass is 10.1. The Morgan fingerprint density at radius 3 is 0.836 bits per heavy atom. The summed E-state index contributed by atoms with van der Waals surface area (Å²) in [7, 11) is 0. The van der Waals surface area contributed by atoms with Crippen LogP contribution in [0.15, 0.2) is 158 Å². The summed E-state index contributed by atoms with van der Waals surface area (Å²) in [6, 6.07) is 0. The predicted molar refractivity (Wildman–Crippen MR) is 315 cm³/mol. The maximum Gasteiger partial charge on any atom is 0.306 e. The van der Waals surface area contributed by atoms with Crippen LogP contribution < -0.4 is 0 Å². The summed E-state index contributed by atoms with van der Waals surface area (Å²) in [6.07, 6.45) is 86.7. The number of allylic oxidation sites excluding steroid dienone is 26. The van der Waals surface area contributed by atoms with E-state index in [9.17, 15) is 14.4 Å². The fourth-order valence-electron chi connectivity index (χ4n) is 7.28. The molecule has 1 unspecified atom stereocenters. The lowest BCUT2D eigenvalue weighted by molar-refractivity contribution is -0.167. The van der Waals surface area contributed by atoms with E-state index < -0.39 is 6.10 Å². The van der Waals surface area contributed by atoms with Gasteiger partial charge in [0.1, 0.15) is 13.2 Å². The molecule has 0 aromatic rings. The van der Waals surface area contributed by atoms with Crippen LogP contribution in [0.2, 0.25) is 0 Å². The highest BCUT2D eigenvalue weighted by molar-refractivity contribution is 5.71. The van der Waals surface area contributed by atoms with Crippen LogP contribution >= 0.6 is 0 Å². The zero-order valence-electron chi connectivity index (χ0n) is 46.6. The smallest absolute Gasteiger partial charge is 0.306 e. The summed E-state index contributed by atoms with van der Waals surface area (Å²) in [4.78, 5) is 38.2. The molecule has 0 heterocycles. The lowest BCUT2D eigenvalue weighted by Crippen LogP contribution is -2.30. The topological polar surface area (TPSA) is 78.9 Å². The Bertz CT molecular complexity index is 1670. The fraction of sp³-hybridized carbons (Fsp3) is 0.567. The van der Waals surface area contributed by atoms with Gasteiger partial charge in [-0.25, -0.2) is 0 Å². The van der Waals surface area contributed by atoms with E-state index in [0.29, 0.717) is 19.3 Å². The van der Waals surface area contributed by atoms with Crippen LogP contribution in [0.5, 0.6) is 0 Å². The number of hydrogen-bond acceptors (Lipinski definition) is 6. The number of ether oxygens (including phenoxy) is 3. The standard InChI is InChI=1S/C67H104O6/c1-4-7-10-13-16-19-22-25-28-30-31-32-33-34-35-37-39-42-45-48-51-54-57-60-66(69)72-63-64(62-71-65(68)59-56-53-50-47-44-41-38-27-24-21-18-15-12-9-6-3)73-67(70)61-58-55-52-49-46-43-40-36-29-26-23-20-17-14-11-8-5-2/h7-12,16-21,25-29,31-32,38,40,43-44,47,49,52,64H,4-6,13-15,22-24,30,33-37,39,41-42,45-46,48,50-51,53-63H2,1-3H3/b10-7-,11-8-,12-9-,19-16-,20-17-,21-18-,28-25-,29-26-,32-31-,38-27-,43-40-,47-44-,52-49-. The molecule has 0 radical (unpaired) electrons. The molecule has 0 saturated carbocycles. The molecule has 0 aliphatic carbocycles. The first kappa shape index (κ1) is 68.0. The highest BCUT2D eigenvalue weighted by atomic mass is 16.6. The van der Waals surface area contributed by atoms with Crippen LogP contribution in [0.1, 0.15) is 226 Å². The predicted octanol–water partition coefficient (Wildman–Crippen LogP) is 19.8. The fourth-order valence-corrected chi connectivity index (χ4v) is 7.28. The Labute approximate surface area is 448 Å². The molecule has 0 saturated heterocycles. The summed E-state index contributed by atoms with van der Waals surface area (Å²) >= 11 is 0. The Kier molecular flexibility index (Phi) is 55.5. The van der Waals surface area contributed by atoms with Gasteiger partial charge in [0.15, 0.2) is 6.10 Å². The van der Waals surface area contributed by atoms with Crippen LogP contribution in [-0.2, 0) is 28.6 Å². The van der Waals surface area contributed by atoms with Crippen LogP contribution in [0, 0.1) is 0 Å². The second-order valence-electron chi connectivity index (χ2n) is 18.4. The van der Waals surface area contributed by atoms with Crippen LogP contribution in [-0.4, -0.2) is 37.2 Å². The molecule has 408 valence electrons. The second-order valence-corrected chi connectivity index (χ2v) is 18.4. The number of rotatable bonds is 50. The van der Waals surface area contributed by atoms with Crippen molar-refractivity contribution in [2.24, 2.45) is 0 Å². The Balaban J connectivity index is 4.51. The molecule has 1 atom stereocenters. The SMILES string of the molecule is CC/C=C\C/C=C\C/C=C\C/C=C\C/C=C\CCCC(=O)OC(COC(=O)CCCC/C=C\C/C=C\C/C=C\C/C=C\CC)COC(=O)CCCCCCCCCCCC/C=C\C/C=C\C/C=C\C/C=C\CC. The maximum atomic E-state index is 12.8. The number of unbranched alkanes of at least 4 members (excludes halogenated alkanes) is 13. The van der Waals surface area contributed by atoms with Gasteiger partial charge in [0, 0.05) is 19.3 Å². The van der Waals surface area contributed by atoms with E-state index in [1.807, 2.05) is 0 Å². The molecule has 0 spiro atoms. The van der Waals surface area contributed by atoms with Crippen molar-refractivity contribution < 1.29 is 28.6 Å². The summed E-state index contributed by atoms with van der Waals surface area (Å²) < 4.78 is 16.8. The normalized spacial score (nSPS) is 13.3. The largest absolute Gasteiger partial charge is 0.462 e. The van der Waals surface area contributed by atoms with Crippen molar-refractivity contribution in [1.29, 1.82) is 0 Å². The van der Waals surface area contributed by atoms with Crippen molar-refractivity contribution >= 4 is 17.9 Å². The van der Waals surface area contributed by atoms with Gasteiger partial charge in [0.05, 0.1) is 0 Å². The van der Waals surface area contributed by atoms with Crippen LogP contribution in [0.4, 0.5) is 0 Å². The first-order valence-corrected chi connectivity index (χ1v) is 29.0. The quantitative estimate of drug-likeness (QED) is 0.0261. The Morgan fingerprint density at radius 2 is 0.507 bits per heavy atom. The Morgan fingerprint density at radius 1 is 0.274 bits per heavy atom. The third-order valence-corrected chi connectivity index (χ3v) is 11.5.